The lowest BCUT2D eigenvalue weighted by molar-refractivity contribution is 0.476. The Hall–Kier alpha value is -2.43. The fourth-order valence-corrected chi connectivity index (χ4v) is 2.38. The highest BCUT2D eigenvalue weighted by Crippen LogP contribution is 2.36. The number of nitrogens with zero attached hydrogens (tertiary/aromatic N) is 2. The number of rotatable bonds is 1. The summed E-state index contributed by atoms with van der Waals surface area (Å²) in [6.45, 7) is 1.98. The number of benzene rings is 1. The van der Waals surface area contributed by atoms with Crippen molar-refractivity contribution in [3.63, 3.8) is 0 Å². The van der Waals surface area contributed by atoms with Crippen LogP contribution in [-0.4, -0.2) is 19.9 Å². The molecule has 0 unspecified atom stereocenters. The Bertz CT molecular complexity index is 719. The SMILES string of the molecule is Cc1[nH]c2ccc(O)cc2c1-c1c(N)cnn1C. The van der Waals surface area contributed by atoms with Gasteiger partial charge in [0.15, 0.2) is 0 Å². The molecule has 3 rings (SSSR count). The van der Waals surface area contributed by atoms with Gasteiger partial charge in [0.25, 0.3) is 0 Å². The summed E-state index contributed by atoms with van der Waals surface area (Å²) in [6.07, 6.45) is 1.64. The van der Waals surface area contributed by atoms with Gasteiger partial charge in [-0.25, -0.2) is 0 Å². The van der Waals surface area contributed by atoms with Crippen LogP contribution in [0.3, 0.4) is 0 Å². The lowest BCUT2D eigenvalue weighted by Gasteiger charge is -2.04. The van der Waals surface area contributed by atoms with Gasteiger partial charge in [0, 0.05) is 29.2 Å². The molecule has 0 amide bonds. The number of aryl methyl sites for hydroxylation is 2. The third kappa shape index (κ3) is 1.37. The number of aromatic hydroxyl groups is 1. The smallest absolute Gasteiger partial charge is 0.116 e. The van der Waals surface area contributed by atoms with E-state index in [0.29, 0.717) is 5.69 Å². The van der Waals surface area contributed by atoms with Crippen LogP contribution < -0.4 is 5.73 Å². The van der Waals surface area contributed by atoms with Crippen LogP contribution in [0.4, 0.5) is 5.69 Å². The zero-order valence-electron chi connectivity index (χ0n) is 10.2. The number of aromatic nitrogens is 3. The van der Waals surface area contributed by atoms with Gasteiger partial charge in [-0.2, -0.15) is 5.10 Å². The van der Waals surface area contributed by atoms with Gasteiger partial charge in [0.2, 0.25) is 0 Å². The number of phenols is 1. The molecule has 0 radical (unpaired) electrons. The lowest BCUT2D eigenvalue weighted by atomic mass is 10.1. The molecule has 0 bridgehead atoms. The minimum Gasteiger partial charge on any atom is -0.508 e. The predicted octanol–water partition coefficient (Wildman–Crippen LogP) is 2.16. The average Bonchev–Trinajstić information content (AvgIpc) is 2.80. The zero-order chi connectivity index (χ0) is 12.9. The second-order valence-corrected chi connectivity index (χ2v) is 4.43. The molecule has 92 valence electrons. The van der Waals surface area contributed by atoms with Crippen LogP contribution >= 0.6 is 0 Å². The number of anilines is 1. The summed E-state index contributed by atoms with van der Waals surface area (Å²) in [5, 5.41) is 14.7. The molecular formula is C13H14N4O. The Labute approximate surface area is 104 Å². The summed E-state index contributed by atoms with van der Waals surface area (Å²) in [6, 6.07) is 5.25. The summed E-state index contributed by atoms with van der Waals surface area (Å²) >= 11 is 0. The number of phenolic OH excluding ortho intramolecular Hbond substituents is 1. The molecule has 0 atom stereocenters. The van der Waals surface area contributed by atoms with Crippen molar-refractivity contribution in [2.75, 3.05) is 5.73 Å². The molecule has 0 aliphatic carbocycles. The van der Waals surface area contributed by atoms with Gasteiger partial charge in [-0.15, -0.1) is 0 Å². The Kier molecular flexibility index (Phi) is 2.10. The van der Waals surface area contributed by atoms with E-state index < -0.39 is 0 Å². The quantitative estimate of drug-likeness (QED) is 0.611. The molecule has 2 heterocycles. The molecule has 0 spiro atoms. The van der Waals surface area contributed by atoms with Crippen LogP contribution in [0, 0.1) is 6.92 Å². The number of nitrogen functional groups attached to an aromatic ring is 1. The third-order valence-electron chi connectivity index (χ3n) is 3.17. The maximum absolute atomic E-state index is 9.63. The van der Waals surface area contributed by atoms with Crippen LogP contribution in [0.15, 0.2) is 24.4 Å². The standard InChI is InChI=1S/C13H14N4O/c1-7-12(13-10(14)6-15-17(13)2)9-5-8(18)3-4-11(9)16-7/h3-6,16,18H,14H2,1-2H3. The number of hydrogen-bond acceptors (Lipinski definition) is 3. The Balaban J connectivity index is 2.41. The molecule has 5 nitrogen and oxygen atoms in total. The summed E-state index contributed by atoms with van der Waals surface area (Å²) in [7, 11) is 1.85. The van der Waals surface area contributed by atoms with Crippen LogP contribution in [0.2, 0.25) is 0 Å². The minimum absolute atomic E-state index is 0.239. The summed E-state index contributed by atoms with van der Waals surface area (Å²) in [5.74, 6) is 0.239. The Morgan fingerprint density at radius 1 is 1.39 bits per heavy atom. The highest BCUT2D eigenvalue weighted by molar-refractivity contribution is 5.99. The Morgan fingerprint density at radius 3 is 2.83 bits per heavy atom. The molecule has 1 aromatic carbocycles. The number of nitrogens with one attached hydrogen (secondary N) is 1. The van der Waals surface area contributed by atoms with E-state index in [1.54, 1.807) is 23.0 Å². The van der Waals surface area contributed by atoms with Gasteiger partial charge < -0.3 is 15.8 Å². The van der Waals surface area contributed by atoms with E-state index in [9.17, 15) is 5.11 Å². The second kappa shape index (κ2) is 3.53. The number of fused-ring (bicyclic) bond motifs is 1. The molecule has 0 aliphatic rings. The molecule has 0 saturated carbocycles. The largest absolute Gasteiger partial charge is 0.508 e. The molecule has 4 N–H and O–H groups in total. The monoisotopic (exact) mass is 242 g/mol. The molecule has 3 aromatic rings. The lowest BCUT2D eigenvalue weighted by Crippen LogP contribution is -1.96. The van der Waals surface area contributed by atoms with E-state index in [1.807, 2.05) is 20.0 Å². The summed E-state index contributed by atoms with van der Waals surface area (Å²) < 4.78 is 1.75. The fraction of sp³-hybridized carbons (Fsp3) is 0.154. The highest BCUT2D eigenvalue weighted by Gasteiger charge is 2.16. The van der Waals surface area contributed by atoms with Crippen molar-refractivity contribution in [1.82, 2.24) is 14.8 Å². The van der Waals surface area contributed by atoms with E-state index in [4.69, 9.17) is 5.73 Å². The van der Waals surface area contributed by atoms with E-state index in [-0.39, 0.29) is 5.75 Å². The van der Waals surface area contributed by atoms with Gasteiger partial charge >= 0.3 is 0 Å². The molecule has 2 aromatic heterocycles. The second-order valence-electron chi connectivity index (χ2n) is 4.43. The predicted molar refractivity (Wildman–Crippen MR) is 71.3 cm³/mol. The van der Waals surface area contributed by atoms with E-state index in [2.05, 4.69) is 10.1 Å². The molecule has 0 fully saturated rings. The first-order valence-electron chi connectivity index (χ1n) is 5.67. The first-order chi connectivity index (χ1) is 8.58. The van der Waals surface area contributed by atoms with Crippen LogP contribution in [0.25, 0.3) is 22.2 Å². The van der Waals surface area contributed by atoms with E-state index >= 15 is 0 Å². The topological polar surface area (TPSA) is 79.9 Å². The van der Waals surface area contributed by atoms with Crippen molar-refractivity contribution < 1.29 is 5.11 Å². The van der Waals surface area contributed by atoms with Crippen molar-refractivity contribution in [2.24, 2.45) is 7.05 Å². The fourth-order valence-electron chi connectivity index (χ4n) is 2.38. The first-order valence-corrected chi connectivity index (χ1v) is 5.67. The molecule has 0 aliphatic heterocycles. The van der Waals surface area contributed by atoms with Crippen molar-refractivity contribution in [1.29, 1.82) is 0 Å². The Morgan fingerprint density at radius 2 is 2.17 bits per heavy atom. The molecule has 5 heteroatoms. The summed E-state index contributed by atoms with van der Waals surface area (Å²) in [5.41, 5.74) is 10.4. The number of H-pyrrole nitrogens is 1. The minimum atomic E-state index is 0.239. The van der Waals surface area contributed by atoms with E-state index in [0.717, 1.165) is 27.9 Å². The molecule has 0 saturated heterocycles. The normalized spacial score (nSPS) is 11.2. The molecular weight excluding hydrogens is 228 g/mol. The van der Waals surface area contributed by atoms with E-state index in [1.165, 1.54) is 0 Å². The van der Waals surface area contributed by atoms with Gasteiger partial charge in [-0.05, 0) is 25.1 Å². The average molecular weight is 242 g/mol. The van der Waals surface area contributed by atoms with Crippen LogP contribution in [0.5, 0.6) is 5.75 Å². The van der Waals surface area contributed by atoms with Crippen molar-refractivity contribution in [3.05, 3.63) is 30.1 Å². The zero-order valence-corrected chi connectivity index (χ0v) is 10.2. The highest BCUT2D eigenvalue weighted by atomic mass is 16.3. The van der Waals surface area contributed by atoms with Gasteiger partial charge in [-0.1, -0.05) is 0 Å². The number of hydrogen-bond donors (Lipinski definition) is 3. The van der Waals surface area contributed by atoms with Crippen molar-refractivity contribution >= 4 is 16.6 Å². The van der Waals surface area contributed by atoms with Crippen LogP contribution in [-0.2, 0) is 7.05 Å². The maximum Gasteiger partial charge on any atom is 0.116 e. The molecule has 18 heavy (non-hydrogen) atoms. The van der Waals surface area contributed by atoms with Gasteiger partial charge in [-0.3, -0.25) is 4.68 Å². The van der Waals surface area contributed by atoms with Crippen molar-refractivity contribution in [3.8, 4) is 17.0 Å². The van der Waals surface area contributed by atoms with Gasteiger partial charge in [0.05, 0.1) is 17.6 Å². The summed E-state index contributed by atoms with van der Waals surface area (Å²) in [4.78, 5) is 3.29. The number of aromatic amines is 1. The van der Waals surface area contributed by atoms with Crippen LogP contribution in [0.1, 0.15) is 5.69 Å². The maximum atomic E-state index is 9.63. The first kappa shape index (κ1) is 10.7. The van der Waals surface area contributed by atoms with Gasteiger partial charge in [0.1, 0.15) is 5.75 Å². The third-order valence-corrected chi connectivity index (χ3v) is 3.17. The van der Waals surface area contributed by atoms with Crippen molar-refractivity contribution in [2.45, 2.75) is 6.92 Å². The number of nitrogens with two attached hydrogens (primary N) is 1.